The summed E-state index contributed by atoms with van der Waals surface area (Å²) in [5, 5.41) is 10.2. The minimum atomic E-state index is 0.0812. The van der Waals surface area contributed by atoms with Crippen molar-refractivity contribution < 1.29 is 4.79 Å². The van der Waals surface area contributed by atoms with E-state index in [4.69, 9.17) is 9.97 Å². The van der Waals surface area contributed by atoms with Crippen molar-refractivity contribution in [3.05, 3.63) is 170 Å². The summed E-state index contributed by atoms with van der Waals surface area (Å²) in [6.07, 6.45) is 27.3. The number of nitrogens with zero attached hydrogens (tertiary/aromatic N) is 10. The Morgan fingerprint density at radius 3 is 1.54 bits per heavy atom. The molecule has 13 heteroatoms. The highest BCUT2D eigenvalue weighted by Gasteiger charge is 2.30. The second-order valence-electron chi connectivity index (χ2n) is 20.4. The zero-order valence-corrected chi connectivity index (χ0v) is 42.8. The van der Waals surface area contributed by atoms with Crippen LogP contribution in [0.1, 0.15) is 68.2 Å². The Hall–Kier alpha value is -8.03. The lowest BCUT2D eigenvalue weighted by Gasteiger charge is -2.37. The maximum Gasteiger partial charge on any atom is 0.236 e. The summed E-state index contributed by atoms with van der Waals surface area (Å²) in [7, 11) is 7.79. The molecule has 2 atom stereocenters. The molecular weight excluding hydrogens is 917 g/mol. The maximum atomic E-state index is 12.3. The van der Waals surface area contributed by atoms with Crippen LogP contribution < -0.4 is 10.6 Å². The van der Waals surface area contributed by atoms with E-state index in [2.05, 4.69) is 156 Å². The highest BCUT2D eigenvalue weighted by molar-refractivity contribution is 5.98. The smallest absolute Gasteiger partial charge is 0.236 e. The fourth-order valence-electron chi connectivity index (χ4n) is 11.3. The van der Waals surface area contributed by atoms with E-state index in [0.717, 1.165) is 87.2 Å². The molecule has 2 fully saturated rings. The number of nitrogens with one attached hydrogen (secondary N) is 2. The monoisotopic (exact) mass is 981 g/mol. The molecule has 4 aromatic carbocycles. The molecule has 374 valence electrons. The zero-order valence-electron chi connectivity index (χ0n) is 42.8. The standard InChI is InChI=1S/C32H35N7O.C29H29N5/c1-37(2)30(40)21-39-15-9-23(10-16-39)31(25-5-4-11-33-20-25)36-26-18-27(32-28(19-26)34-12-13-35-32)24-7-6-22-8-14-38(3)29(22)17-24;1-34-15-11-20-9-10-22(16-27(20)34)25-17-24(18-26-29(25)32-14-13-31-26)33-28(21-6-3-2-4-7-21)23-8-5-12-30-19-23/h4-8,11-14,17-20,23,31,36H,9-10,15-16,21H2,1-3H3;5,8-19,21,28,33H,2-4,6-7H2,1H3. The molecule has 10 aromatic rings. The van der Waals surface area contributed by atoms with Gasteiger partial charge in [0.1, 0.15) is 0 Å². The van der Waals surface area contributed by atoms with Gasteiger partial charge in [0, 0.05) is 124 Å². The van der Waals surface area contributed by atoms with Crippen molar-refractivity contribution in [2.75, 3.05) is 44.4 Å². The van der Waals surface area contributed by atoms with Crippen LogP contribution in [0.25, 0.3) is 66.1 Å². The van der Waals surface area contributed by atoms with Gasteiger partial charge in [0.15, 0.2) is 0 Å². The molecule has 2 aliphatic rings. The lowest BCUT2D eigenvalue weighted by atomic mass is 9.81. The van der Waals surface area contributed by atoms with Gasteiger partial charge in [-0.25, -0.2) is 0 Å². The highest BCUT2D eigenvalue weighted by atomic mass is 16.2. The van der Waals surface area contributed by atoms with E-state index >= 15 is 0 Å². The number of anilines is 2. The first-order valence-corrected chi connectivity index (χ1v) is 26.1. The van der Waals surface area contributed by atoms with Crippen molar-refractivity contribution in [1.29, 1.82) is 0 Å². The molecule has 7 heterocycles. The third-order valence-electron chi connectivity index (χ3n) is 15.4. The molecule has 0 spiro atoms. The van der Waals surface area contributed by atoms with Crippen LogP contribution in [0.15, 0.2) is 159 Å². The number of pyridine rings is 2. The molecule has 0 bridgehead atoms. The fourth-order valence-corrected chi connectivity index (χ4v) is 11.3. The highest BCUT2D eigenvalue weighted by Crippen LogP contribution is 2.40. The lowest BCUT2D eigenvalue weighted by Crippen LogP contribution is -2.42. The second-order valence-corrected chi connectivity index (χ2v) is 20.4. The van der Waals surface area contributed by atoms with Gasteiger partial charge in [-0.05, 0) is 144 Å². The summed E-state index contributed by atoms with van der Waals surface area (Å²) >= 11 is 0. The summed E-state index contributed by atoms with van der Waals surface area (Å²) in [4.78, 5) is 43.8. The minimum Gasteiger partial charge on any atom is -0.378 e. The molecule has 1 aliphatic heterocycles. The Morgan fingerprint density at radius 1 is 0.581 bits per heavy atom. The van der Waals surface area contributed by atoms with E-state index in [0.29, 0.717) is 18.4 Å². The molecule has 1 saturated heterocycles. The van der Waals surface area contributed by atoms with E-state index in [9.17, 15) is 4.79 Å². The van der Waals surface area contributed by atoms with Gasteiger partial charge >= 0.3 is 0 Å². The number of piperidine rings is 1. The zero-order chi connectivity index (χ0) is 50.5. The Bertz CT molecular complexity index is 3540. The first-order chi connectivity index (χ1) is 36.2. The molecule has 2 N–H and O–H groups in total. The number of aromatic nitrogens is 8. The van der Waals surface area contributed by atoms with Crippen molar-refractivity contribution in [1.82, 2.24) is 48.8 Å². The van der Waals surface area contributed by atoms with Crippen molar-refractivity contribution in [2.24, 2.45) is 25.9 Å². The predicted octanol–water partition coefficient (Wildman–Crippen LogP) is 12.1. The van der Waals surface area contributed by atoms with Gasteiger partial charge in [-0.2, -0.15) is 0 Å². The summed E-state index contributed by atoms with van der Waals surface area (Å²) in [6.45, 7) is 2.27. The minimum absolute atomic E-state index is 0.0812. The Labute approximate surface area is 432 Å². The van der Waals surface area contributed by atoms with Crippen molar-refractivity contribution >= 4 is 61.2 Å². The number of aryl methyl sites for hydroxylation is 2. The van der Waals surface area contributed by atoms with E-state index in [1.807, 2.05) is 51.0 Å². The molecule has 1 amide bonds. The van der Waals surface area contributed by atoms with Gasteiger partial charge < -0.3 is 24.7 Å². The topological polar surface area (TPSA) is 135 Å². The number of hydrogen-bond donors (Lipinski definition) is 2. The van der Waals surface area contributed by atoms with Gasteiger partial charge in [-0.15, -0.1) is 0 Å². The van der Waals surface area contributed by atoms with Crippen LogP contribution in [0.4, 0.5) is 11.4 Å². The number of fused-ring (bicyclic) bond motifs is 4. The third kappa shape index (κ3) is 10.4. The third-order valence-corrected chi connectivity index (χ3v) is 15.4. The summed E-state index contributed by atoms with van der Waals surface area (Å²) in [5.74, 6) is 1.15. The number of rotatable bonds is 12. The number of likely N-dealkylation sites (N-methyl/N-ethyl adjacent to an activating group) is 1. The molecule has 13 nitrogen and oxygen atoms in total. The van der Waals surface area contributed by atoms with Crippen molar-refractivity contribution in [2.45, 2.75) is 57.0 Å². The molecule has 74 heavy (non-hydrogen) atoms. The number of benzene rings is 4. The summed E-state index contributed by atoms with van der Waals surface area (Å²) < 4.78 is 4.31. The van der Waals surface area contributed by atoms with Crippen LogP contribution in [0.5, 0.6) is 0 Å². The van der Waals surface area contributed by atoms with Crippen LogP contribution in [0.3, 0.4) is 0 Å². The van der Waals surface area contributed by atoms with E-state index in [1.54, 1.807) is 29.7 Å². The van der Waals surface area contributed by atoms with Gasteiger partial charge in [0.2, 0.25) is 5.91 Å². The molecule has 6 aromatic heterocycles. The number of amides is 1. The van der Waals surface area contributed by atoms with Crippen LogP contribution in [0.2, 0.25) is 0 Å². The largest absolute Gasteiger partial charge is 0.378 e. The van der Waals surface area contributed by atoms with E-state index in [1.165, 1.54) is 59.5 Å². The van der Waals surface area contributed by atoms with Crippen LogP contribution in [-0.4, -0.2) is 88.5 Å². The normalized spacial score (nSPS) is 15.5. The fraction of sp³-hybridized carbons (Fsp3) is 0.295. The lowest BCUT2D eigenvalue weighted by molar-refractivity contribution is -0.130. The predicted molar refractivity (Wildman–Crippen MR) is 299 cm³/mol. The van der Waals surface area contributed by atoms with Crippen LogP contribution >= 0.6 is 0 Å². The number of carbonyl (C=O) groups excluding carboxylic acids is 1. The van der Waals surface area contributed by atoms with Crippen molar-refractivity contribution in [3.8, 4) is 22.3 Å². The molecule has 1 aliphatic carbocycles. The van der Waals surface area contributed by atoms with Crippen LogP contribution in [0, 0.1) is 11.8 Å². The van der Waals surface area contributed by atoms with E-state index in [-0.39, 0.29) is 18.0 Å². The van der Waals surface area contributed by atoms with Crippen LogP contribution in [-0.2, 0) is 18.9 Å². The Morgan fingerprint density at radius 2 is 1.07 bits per heavy atom. The maximum absolute atomic E-state index is 12.3. The average Bonchev–Trinajstić information content (AvgIpc) is 4.02. The average molecular weight is 981 g/mol. The molecule has 0 radical (unpaired) electrons. The van der Waals surface area contributed by atoms with Gasteiger partial charge in [0.05, 0.1) is 40.7 Å². The quantitative estimate of drug-likeness (QED) is 0.122. The first kappa shape index (κ1) is 48.2. The van der Waals surface area contributed by atoms with Gasteiger partial charge in [-0.1, -0.05) is 55.7 Å². The number of hydrogen-bond acceptors (Lipinski definition) is 10. The van der Waals surface area contributed by atoms with E-state index < -0.39 is 0 Å². The van der Waals surface area contributed by atoms with Gasteiger partial charge in [-0.3, -0.25) is 39.6 Å². The van der Waals surface area contributed by atoms with Gasteiger partial charge in [0.25, 0.3) is 0 Å². The second kappa shape index (κ2) is 21.6. The first-order valence-electron chi connectivity index (χ1n) is 26.1. The summed E-state index contributed by atoms with van der Waals surface area (Å²) in [5.41, 5.74) is 14.9. The summed E-state index contributed by atoms with van der Waals surface area (Å²) in [6, 6.07) is 34.9. The Balaban J connectivity index is 0.000000161. The SMILES string of the molecule is CN(C)C(=O)CN1CCC(C(Nc2cc(-c3ccc4ccn(C)c4c3)c3nccnc3c2)c2cccnc2)CC1.Cn1ccc2ccc(-c3cc(NC(c4cccnc4)C4CCCCC4)cc4nccnc34)cc21. The van der Waals surface area contributed by atoms with Crippen molar-refractivity contribution in [3.63, 3.8) is 0 Å². The molecular formula is C61H64N12O. The molecule has 1 saturated carbocycles. The molecule has 12 rings (SSSR count). The number of likely N-dealkylation sites (tertiary alicyclic amines) is 1. The number of carbonyl (C=O) groups is 1. The Kier molecular flexibility index (Phi) is 14.1. The molecule has 2 unspecified atom stereocenters.